The number of hydrogen-bond acceptors (Lipinski definition) is 3. The van der Waals surface area contributed by atoms with Gasteiger partial charge in [-0.3, -0.25) is 4.79 Å². The summed E-state index contributed by atoms with van der Waals surface area (Å²) in [4.78, 5) is 22.1. The summed E-state index contributed by atoms with van der Waals surface area (Å²) in [5.41, 5.74) is 0.316. The highest BCUT2D eigenvalue weighted by molar-refractivity contribution is 7.21. The van der Waals surface area contributed by atoms with Gasteiger partial charge in [-0.15, -0.1) is 11.3 Å². The van der Waals surface area contributed by atoms with Crippen LogP contribution in [0.5, 0.6) is 0 Å². The molecule has 0 bridgehead atoms. The highest BCUT2D eigenvalue weighted by atomic mass is 32.1. The molecule has 2 rings (SSSR count). The molecule has 1 aromatic carbocycles. The van der Waals surface area contributed by atoms with Crippen LogP contribution in [0.2, 0.25) is 0 Å². The third kappa shape index (κ3) is 2.19. The monoisotopic (exact) mass is 267 g/mol. The maximum absolute atomic E-state index is 13.7. The Hall–Kier alpha value is -1.95. The van der Waals surface area contributed by atoms with Gasteiger partial charge in [-0.1, -0.05) is 6.07 Å². The van der Waals surface area contributed by atoms with E-state index in [0.29, 0.717) is 10.3 Å². The molecular formula is C12H10FNO3S. The van der Waals surface area contributed by atoms with Gasteiger partial charge >= 0.3 is 5.97 Å². The molecule has 0 aliphatic carbocycles. The maximum Gasteiger partial charge on any atom is 0.346 e. The standard InChI is InChI=1S/C12H10FNO3S/c1-6(15)14-5-7-10-8(13)3-2-4-9(10)18-11(7)12(16)17/h2-4H,5H2,1H3,(H,14,15)(H,16,17). The van der Waals surface area contributed by atoms with E-state index in [1.165, 1.54) is 19.1 Å². The Morgan fingerprint density at radius 2 is 2.17 bits per heavy atom. The van der Waals surface area contributed by atoms with Crippen molar-refractivity contribution in [3.8, 4) is 0 Å². The molecule has 0 aliphatic rings. The second kappa shape index (κ2) is 4.73. The van der Waals surface area contributed by atoms with Crippen LogP contribution in [0, 0.1) is 5.82 Å². The average molecular weight is 267 g/mol. The second-order valence-electron chi connectivity index (χ2n) is 3.74. The number of benzene rings is 1. The van der Waals surface area contributed by atoms with E-state index >= 15 is 0 Å². The van der Waals surface area contributed by atoms with E-state index in [1.54, 1.807) is 6.07 Å². The van der Waals surface area contributed by atoms with Crippen LogP contribution >= 0.6 is 11.3 Å². The number of carbonyl (C=O) groups excluding carboxylic acids is 1. The quantitative estimate of drug-likeness (QED) is 0.897. The van der Waals surface area contributed by atoms with Crippen LogP contribution < -0.4 is 5.32 Å². The zero-order valence-corrected chi connectivity index (χ0v) is 10.3. The molecule has 2 N–H and O–H groups in total. The van der Waals surface area contributed by atoms with Crippen LogP contribution in [0.25, 0.3) is 10.1 Å². The minimum Gasteiger partial charge on any atom is -0.477 e. The number of halogens is 1. The molecule has 18 heavy (non-hydrogen) atoms. The first kappa shape index (κ1) is 12.5. The van der Waals surface area contributed by atoms with Gasteiger partial charge in [-0.05, 0) is 12.1 Å². The molecule has 6 heteroatoms. The van der Waals surface area contributed by atoms with Crippen molar-refractivity contribution >= 4 is 33.3 Å². The van der Waals surface area contributed by atoms with E-state index in [4.69, 9.17) is 5.11 Å². The highest BCUT2D eigenvalue weighted by Crippen LogP contribution is 2.33. The lowest BCUT2D eigenvalue weighted by Gasteiger charge is -2.03. The van der Waals surface area contributed by atoms with E-state index < -0.39 is 11.8 Å². The van der Waals surface area contributed by atoms with E-state index in [2.05, 4.69) is 5.32 Å². The summed E-state index contributed by atoms with van der Waals surface area (Å²) >= 11 is 1.01. The van der Waals surface area contributed by atoms with Gasteiger partial charge in [0.25, 0.3) is 0 Å². The van der Waals surface area contributed by atoms with Gasteiger partial charge in [-0.2, -0.15) is 0 Å². The van der Waals surface area contributed by atoms with E-state index in [0.717, 1.165) is 11.3 Å². The summed E-state index contributed by atoms with van der Waals surface area (Å²) < 4.78 is 14.3. The van der Waals surface area contributed by atoms with Crippen LogP contribution in [0.4, 0.5) is 4.39 Å². The summed E-state index contributed by atoms with van der Waals surface area (Å²) in [7, 11) is 0. The van der Waals surface area contributed by atoms with Crippen LogP contribution in [0.3, 0.4) is 0 Å². The van der Waals surface area contributed by atoms with Gasteiger partial charge < -0.3 is 10.4 Å². The maximum atomic E-state index is 13.7. The Bertz CT molecular complexity index is 636. The summed E-state index contributed by atoms with van der Waals surface area (Å²) in [6, 6.07) is 4.46. The second-order valence-corrected chi connectivity index (χ2v) is 4.79. The third-order valence-corrected chi connectivity index (χ3v) is 3.66. The van der Waals surface area contributed by atoms with Crippen LogP contribution in [0.1, 0.15) is 22.2 Å². The molecule has 0 fully saturated rings. The lowest BCUT2D eigenvalue weighted by Crippen LogP contribution is -2.20. The van der Waals surface area contributed by atoms with Crippen molar-refractivity contribution in [1.29, 1.82) is 0 Å². The van der Waals surface area contributed by atoms with Gasteiger partial charge in [0, 0.05) is 29.1 Å². The van der Waals surface area contributed by atoms with Crippen molar-refractivity contribution in [2.45, 2.75) is 13.5 Å². The number of carboxylic acids is 1. The largest absolute Gasteiger partial charge is 0.477 e. The third-order valence-electron chi connectivity index (χ3n) is 2.47. The van der Waals surface area contributed by atoms with Crippen LogP contribution in [-0.2, 0) is 11.3 Å². The number of carbonyl (C=O) groups is 2. The minimum atomic E-state index is -1.11. The van der Waals surface area contributed by atoms with Crippen molar-refractivity contribution in [2.75, 3.05) is 0 Å². The van der Waals surface area contributed by atoms with Gasteiger partial charge in [0.15, 0.2) is 0 Å². The Balaban J connectivity index is 2.61. The molecule has 4 nitrogen and oxygen atoms in total. The van der Waals surface area contributed by atoms with E-state index in [9.17, 15) is 14.0 Å². The number of thiophene rings is 1. The van der Waals surface area contributed by atoms with Gasteiger partial charge in [0.2, 0.25) is 5.91 Å². The molecule has 0 spiro atoms. The average Bonchev–Trinajstić information content (AvgIpc) is 2.66. The van der Waals surface area contributed by atoms with Crippen molar-refractivity contribution in [3.05, 3.63) is 34.5 Å². The molecular weight excluding hydrogens is 257 g/mol. The number of nitrogens with one attached hydrogen (secondary N) is 1. The predicted octanol–water partition coefficient (Wildman–Crippen LogP) is 2.37. The molecule has 0 aliphatic heterocycles. The number of rotatable bonds is 3. The molecule has 0 saturated carbocycles. The van der Waals surface area contributed by atoms with Crippen LogP contribution in [0.15, 0.2) is 18.2 Å². The zero-order chi connectivity index (χ0) is 13.3. The summed E-state index contributed by atoms with van der Waals surface area (Å²) in [6.45, 7) is 1.34. The predicted molar refractivity (Wildman–Crippen MR) is 66.3 cm³/mol. The molecule has 1 heterocycles. The Morgan fingerprint density at radius 3 is 2.78 bits per heavy atom. The highest BCUT2D eigenvalue weighted by Gasteiger charge is 2.19. The topological polar surface area (TPSA) is 66.4 Å². The lowest BCUT2D eigenvalue weighted by atomic mass is 10.1. The first-order valence-electron chi connectivity index (χ1n) is 5.18. The number of amides is 1. The van der Waals surface area contributed by atoms with Crippen molar-refractivity contribution in [1.82, 2.24) is 5.32 Å². The molecule has 0 atom stereocenters. The lowest BCUT2D eigenvalue weighted by molar-refractivity contribution is -0.119. The van der Waals surface area contributed by atoms with Crippen molar-refractivity contribution in [3.63, 3.8) is 0 Å². The normalized spacial score (nSPS) is 10.6. The summed E-state index contributed by atoms with van der Waals surface area (Å²) in [6.07, 6.45) is 0. The van der Waals surface area contributed by atoms with Crippen LogP contribution in [-0.4, -0.2) is 17.0 Å². The van der Waals surface area contributed by atoms with Gasteiger partial charge in [0.05, 0.1) is 0 Å². The molecule has 2 aromatic rings. The van der Waals surface area contributed by atoms with E-state index in [1.807, 2.05) is 0 Å². The Morgan fingerprint density at radius 1 is 1.44 bits per heavy atom. The molecule has 0 unspecified atom stereocenters. The summed E-state index contributed by atoms with van der Waals surface area (Å²) in [5, 5.41) is 11.9. The Labute approximate surface area is 106 Å². The smallest absolute Gasteiger partial charge is 0.346 e. The van der Waals surface area contributed by atoms with E-state index in [-0.39, 0.29) is 22.7 Å². The molecule has 1 aromatic heterocycles. The number of hydrogen-bond donors (Lipinski definition) is 2. The fourth-order valence-corrected chi connectivity index (χ4v) is 2.80. The molecule has 94 valence electrons. The SMILES string of the molecule is CC(=O)NCc1c(C(=O)O)sc2cccc(F)c12. The first-order chi connectivity index (χ1) is 8.50. The fraction of sp³-hybridized carbons (Fsp3) is 0.167. The molecule has 0 saturated heterocycles. The minimum absolute atomic E-state index is 0.0118. The molecule has 1 amide bonds. The summed E-state index contributed by atoms with van der Waals surface area (Å²) in [5.74, 6) is -1.88. The van der Waals surface area contributed by atoms with Gasteiger partial charge in [0.1, 0.15) is 10.7 Å². The first-order valence-corrected chi connectivity index (χ1v) is 6.00. The zero-order valence-electron chi connectivity index (χ0n) is 9.49. The number of aromatic carboxylic acids is 1. The van der Waals surface area contributed by atoms with Crippen molar-refractivity contribution < 1.29 is 19.1 Å². The number of fused-ring (bicyclic) bond motifs is 1. The number of carboxylic acid groups (broad SMARTS) is 1. The fourth-order valence-electron chi connectivity index (χ4n) is 1.72. The molecule has 0 radical (unpaired) electrons. The van der Waals surface area contributed by atoms with Crippen molar-refractivity contribution in [2.24, 2.45) is 0 Å². The Kier molecular flexibility index (Phi) is 3.29. The van der Waals surface area contributed by atoms with Gasteiger partial charge in [-0.25, -0.2) is 9.18 Å².